The molecule has 1 aromatic carbocycles. The van der Waals surface area contributed by atoms with Gasteiger partial charge >= 0.3 is 6.03 Å². The quantitative estimate of drug-likeness (QED) is 0.834. The third-order valence-electron chi connectivity index (χ3n) is 4.29. The number of hydrogen-bond donors (Lipinski definition) is 1. The lowest BCUT2D eigenvalue weighted by molar-refractivity contribution is -0.117. The van der Waals surface area contributed by atoms with Crippen molar-refractivity contribution in [2.75, 3.05) is 31.6 Å². The summed E-state index contributed by atoms with van der Waals surface area (Å²) in [6, 6.07) is 7.15. The van der Waals surface area contributed by atoms with Crippen LogP contribution in [-0.2, 0) is 4.79 Å². The lowest BCUT2D eigenvalue weighted by Crippen LogP contribution is -2.46. The summed E-state index contributed by atoms with van der Waals surface area (Å²) in [5.41, 5.74) is 0.830. The molecular formula is C18H27N3O3. The highest BCUT2D eigenvalue weighted by Crippen LogP contribution is 2.24. The van der Waals surface area contributed by atoms with Gasteiger partial charge in [0.05, 0.1) is 13.2 Å². The van der Waals surface area contributed by atoms with Gasteiger partial charge in [-0.1, -0.05) is 13.3 Å². The molecule has 1 heterocycles. The molecule has 0 aliphatic carbocycles. The van der Waals surface area contributed by atoms with E-state index >= 15 is 0 Å². The van der Waals surface area contributed by atoms with Crippen molar-refractivity contribution in [2.45, 2.75) is 39.2 Å². The molecule has 1 atom stereocenters. The summed E-state index contributed by atoms with van der Waals surface area (Å²) in [4.78, 5) is 28.1. The SMILES string of the molecule is CCCCN(CC)C(=O)N[C@@H]1CC(=O)N(c2ccc(OC)cc2)C1. The van der Waals surface area contributed by atoms with E-state index < -0.39 is 0 Å². The van der Waals surface area contributed by atoms with Crippen LogP contribution in [0.3, 0.4) is 0 Å². The molecular weight excluding hydrogens is 306 g/mol. The highest BCUT2D eigenvalue weighted by molar-refractivity contribution is 5.96. The van der Waals surface area contributed by atoms with Crippen LogP contribution in [0.25, 0.3) is 0 Å². The Morgan fingerprint density at radius 1 is 1.33 bits per heavy atom. The van der Waals surface area contributed by atoms with Gasteiger partial charge < -0.3 is 19.9 Å². The Labute approximate surface area is 143 Å². The number of rotatable bonds is 7. The van der Waals surface area contributed by atoms with Gasteiger partial charge in [0, 0.05) is 31.7 Å². The maximum Gasteiger partial charge on any atom is 0.317 e. The van der Waals surface area contributed by atoms with Crippen molar-refractivity contribution in [2.24, 2.45) is 0 Å². The predicted molar refractivity (Wildman–Crippen MR) is 94.4 cm³/mol. The molecule has 0 spiro atoms. The summed E-state index contributed by atoms with van der Waals surface area (Å²) in [7, 11) is 1.61. The first-order valence-electron chi connectivity index (χ1n) is 8.58. The molecule has 6 nitrogen and oxygen atoms in total. The second-order valence-electron chi connectivity index (χ2n) is 5.99. The van der Waals surface area contributed by atoms with Gasteiger partial charge in [0.15, 0.2) is 0 Å². The first-order valence-corrected chi connectivity index (χ1v) is 8.58. The van der Waals surface area contributed by atoms with Crippen molar-refractivity contribution < 1.29 is 14.3 Å². The second kappa shape index (κ2) is 8.57. The third-order valence-corrected chi connectivity index (χ3v) is 4.29. The molecule has 1 fully saturated rings. The monoisotopic (exact) mass is 333 g/mol. The zero-order valence-electron chi connectivity index (χ0n) is 14.7. The van der Waals surface area contributed by atoms with Crippen LogP contribution in [0.4, 0.5) is 10.5 Å². The molecule has 1 aromatic rings. The van der Waals surface area contributed by atoms with Gasteiger partial charge in [-0.2, -0.15) is 0 Å². The summed E-state index contributed by atoms with van der Waals surface area (Å²) in [5, 5.41) is 2.99. The van der Waals surface area contributed by atoms with Gasteiger partial charge in [0.25, 0.3) is 0 Å². The van der Waals surface area contributed by atoms with Crippen LogP contribution >= 0.6 is 0 Å². The number of nitrogens with zero attached hydrogens (tertiary/aromatic N) is 2. The Morgan fingerprint density at radius 2 is 2.04 bits per heavy atom. The van der Waals surface area contributed by atoms with Gasteiger partial charge in [-0.05, 0) is 37.6 Å². The summed E-state index contributed by atoms with van der Waals surface area (Å²) in [5.74, 6) is 0.784. The van der Waals surface area contributed by atoms with Crippen molar-refractivity contribution in [3.63, 3.8) is 0 Å². The fraction of sp³-hybridized carbons (Fsp3) is 0.556. The Kier molecular flexibility index (Phi) is 6.46. The van der Waals surface area contributed by atoms with Gasteiger partial charge in [-0.25, -0.2) is 4.79 Å². The number of hydrogen-bond acceptors (Lipinski definition) is 3. The van der Waals surface area contributed by atoms with Crippen LogP contribution in [0.2, 0.25) is 0 Å². The maximum absolute atomic E-state index is 12.3. The van der Waals surface area contributed by atoms with Gasteiger partial charge in [0.1, 0.15) is 5.75 Å². The van der Waals surface area contributed by atoms with Crippen molar-refractivity contribution in [3.05, 3.63) is 24.3 Å². The Balaban J connectivity index is 1.94. The fourth-order valence-electron chi connectivity index (χ4n) is 2.83. The number of methoxy groups -OCH3 is 1. The number of benzene rings is 1. The third kappa shape index (κ3) is 4.40. The average Bonchev–Trinajstić information content (AvgIpc) is 2.96. The molecule has 0 radical (unpaired) electrons. The molecule has 24 heavy (non-hydrogen) atoms. The Bertz CT molecular complexity index is 559. The van der Waals surface area contributed by atoms with Crippen LogP contribution in [0.5, 0.6) is 5.75 Å². The molecule has 1 aliphatic heterocycles. The standard InChI is InChI=1S/C18H27N3O3/c1-4-6-11-20(5-2)18(23)19-14-12-17(22)21(13-14)15-7-9-16(24-3)10-8-15/h7-10,14H,4-6,11-13H2,1-3H3,(H,19,23)/t14-/m1/s1. The number of nitrogens with one attached hydrogen (secondary N) is 1. The minimum atomic E-state index is -0.150. The lowest BCUT2D eigenvalue weighted by Gasteiger charge is -2.23. The zero-order valence-corrected chi connectivity index (χ0v) is 14.7. The van der Waals surface area contributed by atoms with Crippen LogP contribution in [0.1, 0.15) is 33.1 Å². The summed E-state index contributed by atoms with van der Waals surface area (Å²) < 4.78 is 5.14. The maximum atomic E-state index is 12.3. The van der Waals surface area contributed by atoms with E-state index in [0.717, 1.165) is 30.8 Å². The molecule has 1 N–H and O–H groups in total. The molecule has 2 rings (SSSR count). The minimum Gasteiger partial charge on any atom is -0.497 e. The van der Waals surface area contributed by atoms with Gasteiger partial charge in [-0.3, -0.25) is 4.79 Å². The summed E-state index contributed by atoms with van der Waals surface area (Å²) in [6.07, 6.45) is 2.38. The molecule has 0 unspecified atom stereocenters. The van der Waals surface area contributed by atoms with E-state index in [9.17, 15) is 9.59 Å². The van der Waals surface area contributed by atoms with E-state index in [1.807, 2.05) is 31.2 Å². The van der Waals surface area contributed by atoms with Crippen LogP contribution < -0.4 is 15.0 Å². The normalized spacial score (nSPS) is 17.0. The molecule has 3 amide bonds. The molecule has 0 aromatic heterocycles. The van der Waals surface area contributed by atoms with E-state index in [2.05, 4.69) is 12.2 Å². The first kappa shape index (κ1) is 18.1. The molecule has 0 bridgehead atoms. The Morgan fingerprint density at radius 3 is 2.62 bits per heavy atom. The van der Waals surface area contributed by atoms with Crippen LogP contribution in [0.15, 0.2) is 24.3 Å². The van der Waals surface area contributed by atoms with Gasteiger partial charge in [0.2, 0.25) is 5.91 Å². The van der Waals surface area contributed by atoms with Crippen molar-refractivity contribution in [1.29, 1.82) is 0 Å². The van der Waals surface area contributed by atoms with E-state index in [0.29, 0.717) is 19.5 Å². The first-order chi connectivity index (χ1) is 11.6. The lowest BCUT2D eigenvalue weighted by atomic mass is 10.2. The van der Waals surface area contributed by atoms with E-state index in [1.165, 1.54) is 0 Å². The number of ether oxygens (including phenoxy) is 1. The average molecular weight is 333 g/mol. The van der Waals surface area contributed by atoms with Gasteiger partial charge in [-0.15, -0.1) is 0 Å². The van der Waals surface area contributed by atoms with Crippen LogP contribution in [0, 0.1) is 0 Å². The van der Waals surface area contributed by atoms with E-state index in [-0.39, 0.29) is 18.0 Å². The number of carbonyl (C=O) groups is 2. The van der Waals surface area contributed by atoms with Crippen molar-refractivity contribution in [1.82, 2.24) is 10.2 Å². The molecule has 132 valence electrons. The Hall–Kier alpha value is -2.24. The van der Waals surface area contributed by atoms with E-state index in [4.69, 9.17) is 4.74 Å². The largest absolute Gasteiger partial charge is 0.497 e. The summed E-state index contributed by atoms with van der Waals surface area (Å²) in [6.45, 7) is 6.01. The smallest absolute Gasteiger partial charge is 0.317 e. The molecule has 1 saturated heterocycles. The molecule has 0 saturated carbocycles. The number of unbranched alkanes of at least 4 members (excludes halogenated alkanes) is 1. The van der Waals surface area contributed by atoms with Crippen molar-refractivity contribution in [3.8, 4) is 5.75 Å². The fourth-order valence-corrected chi connectivity index (χ4v) is 2.83. The van der Waals surface area contributed by atoms with Crippen LogP contribution in [-0.4, -0.2) is 49.6 Å². The predicted octanol–water partition coefficient (Wildman–Crippen LogP) is 2.63. The second-order valence-corrected chi connectivity index (χ2v) is 5.99. The highest BCUT2D eigenvalue weighted by Gasteiger charge is 2.32. The number of anilines is 1. The summed E-state index contributed by atoms with van der Waals surface area (Å²) >= 11 is 0. The minimum absolute atomic E-state index is 0.0297. The topological polar surface area (TPSA) is 61.9 Å². The number of urea groups is 1. The molecule has 6 heteroatoms. The molecule has 1 aliphatic rings. The number of amides is 3. The zero-order chi connectivity index (χ0) is 17.5. The van der Waals surface area contributed by atoms with E-state index in [1.54, 1.807) is 16.9 Å². The van der Waals surface area contributed by atoms with Crippen molar-refractivity contribution >= 4 is 17.6 Å². The highest BCUT2D eigenvalue weighted by atomic mass is 16.5. The number of carbonyl (C=O) groups excluding carboxylic acids is 2.